The van der Waals surface area contributed by atoms with E-state index in [0.717, 1.165) is 48.6 Å². The molecule has 0 aliphatic carbocycles. The van der Waals surface area contributed by atoms with Crippen molar-refractivity contribution in [1.29, 1.82) is 0 Å². The number of rotatable bonds is 9. The minimum atomic E-state index is 0.0793. The van der Waals surface area contributed by atoms with Gasteiger partial charge in [0.2, 0.25) is 11.8 Å². The normalized spacial score (nSPS) is 20.4. The summed E-state index contributed by atoms with van der Waals surface area (Å²) < 4.78 is 6.18. The molecule has 3 heterocycles. The Morgan fingerprint density at radius 3 is 2.85 bits per heavy atom. The van der Waals surface area contributed by atoms with E-state index in [9.17, 15) is 9.59 Å². The van der Waals surface area contributed by atoms with Gasteiger partial charge in [-0.1, -0.05) is 18.2 Å². The smallest absolute Gasteiger partial charge is 0.236 e. The molecule has 0 radical (unpaired) electrons. The first-order valence-electron chi connectivity index (χ1n) is 14.3. The molecule has 40 heavy (non-hydrogen) atoms. The van der Waals surface area contributed by atoms with E-state index in [1.54, 1.807) is 0 Å². The predicted octanol–water partition coefficient (Wildman–Crippen LogP) is 2.33. The lowest BCUT2D eigenvalue weighted by atomic mass is 9.82. The van der Waals surface area contributed by atoms with Crippen molar-refractivity contribution in [2.75, 3.05) is 71.9 Å². The van der Waals surface area contributed by atoms with E-state index in [4.69, 9.17) is 4.74 Å². The van der Waals surface area contributed by atoms with Crippen LogP contribution < -0.4 is 20.3 Å². The summed E-state index contributed by atoms with van der Waals surface area (Å²) in [5.41, 5.74) is 3.19. The zero-order chi connectivity index (χ0) is 28.3. The van der Waals surface area contributed by atoms with Crippen molar-refractivity contribution in [3.05, 3.63) is 66.0 Å². The summed E-state index contributed by atoms with van der Waals surface area (Å²) in [4.78, 5) is 36.3. The molecule has 2 bridgehead atoms. The topological polar surface area (TPSA) is 90.0 Å². The van der Waals surface area contributed by atoms with Crippen molar-refractivity contribution in [2.24, 2.45) is 11.8 Å². The van der Waals surface area contributed by atoms with Crippen molar-refractivity contribution in [1.82, 2.24) is 25.4 Å². The third kappa shape index (κ3) is 8.79. The maximum absolute atomic E-state index is 13.1. The number of ether oxygens (including phenoxy) is 1. The van der Waals surface area contributed by atoms with Crippen LogP contribution >= 0.6 is 0 Å². The first-order chi connectivity index (χ1) is 19.4. The first kappa shape index (κ1) is 29.6. The van der Waals surface area contributed by atoms with Gasteiger partial charge in [0.15, 0.2) is 0 Å². The van der Waals surface area contributed by atoms with Crippen molar-refractivity contribution >= 4 is 17.5 Å². The fourth-order valence-electron chi connectivity index (χ4n) is 5.28. The highest BCUT2D eigenvalue weighted by atomic mass is 16.5. The van der Waals surface area contributed by atoms with Crippen molar-refractivity contribution in [2.45, 2.75) is 25.8 Å². The maximum Gasteiger partial charge on any atom is 0.236 e. The van der Waals surface area contributed by atoms with Crippen LogP contribution in [0.4, 0.5) is 5.69 Å². The Morgan fingerprint density at radius 2 is 2.05 bits per heavy atom. The number of pyridine rings is 1. The highest BCUT2D eigenvalue weighted by Crippen LogP contribution is 2.29. The molecule has 1 aromatic heterocycles. The lowest BCUT2D eigenvalue weighted by Crippen LogP contribution is -2.47. The SMILES string of the molecule is CN(C)CCNC(=O)C[C@@H]1CCN2C[C@@H]1/C=C/COc1ccc(N(C)CCc3ccccn3)cc1CNCC2=O. The molecule has 2 aliphatic heterocycles. The van der Waals surface area contributed by atoms with Gasteiger partial charge in [0.25, 0.3) is 0 Å². The number of nitrogens with one attached hydrogen (secondary N) is 2. The predicted molar refractivity (Wildman–Crippen MR) is 158 cm³/mol. The quantitative estimate of drug-likeness (QED) is 0.465. The zero-order valence-corrected chi connectivity index (χ0v) is 24.1. The van der Waals surface area contributed by atoms with E-state index >= 15 is 0 Å². The fraction of sp³-hybridized carbons (Fsp3) is 0.516. The second-order valence-corrected chi connectivity index (χ2v) is 11.0. The number of hydrogen-bond acceptors (Lipinski definition) is 7. The Bertz CT molecular complexity index is 1140. The third-order valence-corrected chi connectivity index (χ3v) is 7.71. The molecule has 1 saturated heterocycles. The molecule has 1 aromatic carbocycles. The van der Waals surface area contributed by atoms with E-state index in [2.05, 4.69) is 50.7 Å². The Balaban J connectivity index is 1.40. The number of fused-ring (bicyclic) bond motifs is 3. The lowest BCUT2D eigenvalue weighted by Gasteiger charge is -2.37. The number of carbonyl (C=O) groups is 2. The van der Waals surface area contributed by atoms with Gasteiger partial charge in [0, 0.05) is 82.3 Å². The molecule has 2 atom stereocenters. The van der Waals surface area contributed by atoms with Crippen LogP contribution in [-0.2, 0) is 22.6 Å². The number of likely N-dealkylation sites (N-methyl/N-ethyl adjacent to an activating group) is 2. The second-order valence-electron chi connectivity index (χ2n) is 11.0. The monoisotopic (exact) mass is 548 g/mol. The summed E-state index contributed by atoms with van der Waals surface area (Å²) >= 11 is 0. The second kappa shape index (κ2) is 14.8. The van der Waals surface area contributed by atoms with Gasteiger partial charge in [0.05, 0.1) is 6.54 Å². The van der Waals surface area contributed by atoms with Gasteiger partial charge < -0.3 is 30.1 Å². The number of aromatic nitrogens is 1. The van der Waals surface area contributed by atoms with Crippen LogP contribution in [0.1, 0.15) is 24.1 Å². The molecule has 1 fully saturated rings. The van der Waals surface area contributed by atoms with Gasteiger partial charge in [0.1, 0.15) is 12.4 Å². The Morgan fingerprint density at radius 1 is 1.18 bits per heavy atom. The Kier molecular flexibility index (Phi) is 10.9. The molecule has 9 heteroatoms. The number of carbonyl (C=O) groups excluding carboxylic acids is 2. The van der Waals surface area contributed by atoms with Gasteiger partial charge in [-0.2, -0.15) is 0 Å². The lowest BCUT2D eigenvalue weighted by molar-refractivity contribution is -0.132. The van der Waals surface area contributed by atoms with Crippen LogP contribution in [0.2, 0.25) is 0 Å². The van der Waals surface area contributed by atoms with Gasteiger partial charge >= 0.3 is 0 Å². The summed E-state index contributed by atoms with van der Waals surface area (Å²) in [5.74, 6) is 1.31. The number of piperidine rings is 1. The summed E-state index contributed by atoms with van der Waals surface area (Å²) in [5, 5.41) is 6.38. The van der Waals surface area contributed by atoms with Crippen LogP contribution in [0.15, 0.2) is 54.7 Å². The number of benzene rings is 1. The molecule has 2 aliphatic rings. The molecule has 9 nitrogen and oxygen atoms in total. The van der Waals surface area contributed by atoms with Crippen molar-refractivity contribution in [3.63, 3.8) is 0 Å². The molecule has 2 N–H and O–H groups in total. The highest BCUT2D eigenvalue weighted by molar-refractivity contribution is 5.79. The maximum atomic E-state index is 13.1. The summed E-state index contributed by atoms with van der Waals surface area (Å²) in [6, 6.07) is 12.2. The van der Waals surface area contributed by atoms with Crippen molar-refractivity contribution in [3.8, 4) is 5.75 Å². The fourth-order valence-corrected chi connectivity index (χ4v) is 5.28. The molecule has 216 valence electrons. The molecular weight excluding hydrogens is 504 g/mol. The molecule has 0 spiro atoms. The van der Waals surface area contributed by atoms with E-state index < -0.39 is 0 Å². The summed E-state index contributed by atoms with van der Waals surface area (Å²) in [6.45, 7) is 4.86. The third-order valence-electron chi connectivity index (χ3n) is 7.71. The Labute approximate surface area is 238 Å². The van der Waals surface area contributed by atoms with Crippen LogP contribution in [0.3, 0.4) is 0 Å². The van der Waals surface area contributed by atoms with E-state index in [1.807, 2.05) is 55.5 Å². The van der Waals surface area contributed by atoms with Gasteiger partial charge in [-0.25, -0.2) is 0 Å². The molecule has 2 aromatic rings. The molecule has 0 saturated carbocycles. The van der Waals surface area contributed by atoms with Crippen molar-refractivity contribution < 1.29 is 14.3 Å². The summed E-state index contributed by atoms with van der Waals surface area (Å²) in [7, 11) is 6.07. The number of anilines is 1. The van der Waals surface area contributed by atoms with Crippen LogP contribution in [0, 0.1) is 11.8 Å². The molecular formula is C31H44N6O3. The van der Waals surface area contributed by atoms with Crippen LogP contribution in [-0.4, -0.2) is 93.6 Å². The van der Waals surface area contributed by atoms with E-state index in [-0.39, 0.29) is 30.2 Å². The van der Waals surface area contributed by atoms with Crippen LogP contribution in [0.5, 0.6) is 5.75 Å². The minimum absolute atomic E-state index is 0.0793. The zero-order valence-electron chi connectivity index (χ0n) is 24.1. The molecule has 0 unspecified atom stereocenters. The van der Waals surface area contributed by atoms with E-state index in [0.29, 0.717) is 39.2 Å². The number of hydrogen-bond donors (Lipinski definition) is 2. The average molecular weight is 549 g/mol. The molecule has 4 rings (SSSR count). The largest absolute Gasteiger partial charge is 0.489 e. The van der Waals surface area contributed by atoms with Gasteiger partial charge in [-0.15, -0.1) is 0 Å². The highest BCUT2D eigenvalue weighted by Gasteiger charge is 2.31. The molecule has 2 amide bonds. The van der Waals surface area contributed by atoms with Gasteiger partial charge in [-0.05, 0) is 62.7 Å². The van der Waals surface area contributed by atoms with Gasteiger partial charge in [-0.3, -0.25) is 14.6 Å². The minimum Gasteiger partial charge on any atom is -0.489 e. The Hall–Kier alpha value is -3.43. The first-order valence-corrected chi connectivity index (χ1v) is 14.3. The van der Waals surface area contributed by atoms with Crippen LogP contribution in [0.25, 0.3) is 0 Å². The number of nitrogens with zero attached hydrogens (tertiary/aromatic N) is 4. The standard InChI is InChI=1S/C31H44N6O3/c1-35(2)17-14-34-30(38)20-24-11-16-37-23-25(24)7-6-18-40-29-10-9-28(19-26(29)21-32-22-31(37)39)36(3)15-12-27-8-4-5-13-33-27/h4-10,13,19,24-25,32H,11-12,14-18,20-23H2,1-3H3,(H,34,38)/b7-6+/t24-,25-/m0/s1. The number of amides is 2. The van der Waals surface area contributed by atoms with E-state index in [1.165, 1.54) is 0 Å². The summed E-state index contributed by atoms with van der Waals surface area (Å²) in [6.07, 6.45) is 8.16. The average Bonchev–Trinajstić information content (AvgIpc) is 2.96.